The Hall–Kier alpha value is -0.150. The Morgan fingerprint density at radius 3 is 2.09 bits per heavy atom. The summed E-state index contributed by atoms with van der Waals surface area (Å²) in [5.41, 5.74) is 0. The van der Waals surface area contributed by atoms with Crippen molar-refractivity contribution in [1.29, 1.82) is 0 Å². The van der Waals surface area contributed by atoms with Gasteiger partial charge in [0.25, 0.3) is 10.0 Å². The van der Waals surface area contributed by atoms with Gasteiger partial charge in [0.15, 0.2) is 5.75 Å². The Bertz CT molecular complexity index is 786. The lowest BCUT2D eigenvalue weighted by atomic mass is 10.3. The van der Waals surface area contributed by atoms with Gasteiger partial charge >= 0.3 is 6.09 Å². The minimum atomic E-state index is -3.94. The van der Waals surface area contributed by atoms with Crippen molar-refractivity contribution in [1.82, 2.24) is 4.72 Å². The van der Waals surface area contributed by atoms with Crippen LogP contribution in [-0.2, 0) is 10.0 Å². The fourth-order valence-electron chi connectivity index (χ4n) is 1.51. The Balaban J connectivity index is 2.18. The maximum Gasteiger partial charge on any atom is 0.426 e. The molecule has 0 fully saturated rings. The highest BCUT2D eigenvalue weighted by molar-refractivity contribution is 14.1. The van der Waals surface area contributed by atoms with Crippen molar-refractivity contribution in [2.45, 2.75) is 4.90 Å². The van der Waals surface area contributed by atoms with E-state index in [4.69, 9.17) is 4.74 Å². The summed E-state index contributed by atoms with van der Waals surface area (Å²) in [7, 11) is -3.94. The van der Waals surface area contributed by atoms with Gasteiger partial charge in [0, 0.05) is 3.57 Å². The number of amides is 1. The molecule has 0 spiro atoms. The molecule has 2 aromatic carbocycles. The Morgan fingerprint density at radius 2 is 1.55 bits per heavy atom. The predicted octanol–water partition coefficient (Wildman–Crippen LogP) is 3.98. The van der Waals surface area contributed by atoms with Crippen LogP contribution in [0, 0.1) is 10.7 Å². The summed E-state index contributed by atoms with van der Waals surface area (Å²) in [6, 6.07) is 11.3. The van der Waals surface area contributed by atoms with E-state index < -0.39 is 16.1 Å². The molecule has 0 atom stereocenters. The van der Waals surface area contributed by atoms with Gasteiger partial charge in [-0.15, -0.1) is 0 Å². The van der Waals surface area contributed by atoms with Crippen LogP contribution in [0.5, 0.6) is 5.75 Å². The largest absolute Gasteiger partial charge is 0.426 e. The summed E-state index contributed by atoms with van der Waals surface area (Å²) < 4.78 is 33.6. The Kier molecular flexibility index (Phi) is 6.30. The maximum absolute atomic E-state index is 12.0. The van der Waals surface area contributed by atoms with E-state index in [0.717, 1.165) is 10.7 Å². The number of sulfonamides is 1. The number of nitrogens with one attached hydrogen (secondary N) is 1. The second kappa shape index (κ2) is 7.61. The standard InChI is InChI=1S/C13H8I3NO4S/c14-8-6-10(15)12(11(16)7-8)21-13(18)17-22(19,20)9-4-2-1-3-5-9/h1-7H,(H,17,18). The first kappa shape index (κ1) is 18.2. The van der Waals surface area contributed by atoms with Gasteiger partial charge in [-0.3, -0.25) is 0 Å². The van der Waals surface area contributed by atoms with Gasteiger partial charge in [-0.1, -0.05) is 18.2 Å². The summed E-state index contributed by atoms with van der Waals surface area (Å²) >= 11 is 6.21. The molecule has 0 aliphatic heterocycles. The zero-order chi connectivity index (χ0) is 16.3. The number of rotatable bonds is 3. The number of halogens is 3. The van der Waals surface area contributed by atoms with Crippen LogP contribution < -0.4 is 9.46 Å². The normalized spacial score (nSPS) is 11.0. The lowest BCUT2D eigenvalue weighted by molar-refractivity contribution is 0.206. The minimum Gasteiger partial charge on any atom is -0.407 e. The molecular weight excluding hydrogens is 647 g/mol. The monoisotopic (exact) mass is 655 g/mol. The lowest BCUT2D eigenvalue weighted by Gasteiger charge is -2.10. The molecular formula is C13H8I3NO4S. The van der Waals surface area contributed by atoms with Crippen molar-refractivity contribution in [3.05, 3.63) is 53.2 Å². The van der Waals surface area contributed by atoms with Crippen molar-refractivity contribution in [2.75, 3.05) is 0 Å². The number of carbonyl (C=O) groups excluding carboxylic acids is 1. The molecule has 1 N–H and O–H groups in total. The molecule has 0 bridgehead atoms. The van der Waals surface area contributed by atoms with Crippen LogP contribution in [0.3, 0.4) is 0 Å². The topological polar surface area (TPSA) is 72.5 Å². The third-order valence-corrected chi connectivity index (χ3v) is 5.98. The number of carbonyl (C=O) groups is 1. The van der Waals surface area contributed by atoms with Crippen molar-refractivity contribution in [2.24, 2.45) is 0 Å². The van der Waals surface area contributed by atoms with Crippen molar-refractivity contribution in [3.63, 3.8) is 0 Å². The molecule has 5 nitrogen and oxygen atoms in total. The number of hydrogen-bond acceptors (Lipinski definition) is 4. The van der Waals surface area contributed by atoms with Gasteiger partial charge in [0.2, 0.25) is 0 Å². The van der Waals surface area contributed by atoms with Crippen LogP contribution >= 0.6 is 67.8 Å². The van der Waals surface area contributed by atoms with E-state index in [1.54, 1.807) is 18.2 Å². The van der Waals surface area contributed by atoms with E-state index in [1.165, 1.54) is 12.1 Å². The second-order valence-corrected chi connectivity index (χ2v) is 9.26. The highest BCUT2D eigenvalue weighted by Crippen LogP contribution is 2.29. The first-order valence-corrected chi connectivity index (χ1v) is 10.5. The maximum atomic E-state index is 12.0. The molecule has 0 aliphatic carbocycles. The number of ether oxygens (including phenoxy) is 1. The zero-order valence-corrected chi connectivity index (χ0v) is 18.0. The van der Waals surface area contributed by atoms with Crippen LogP contribution in [0.2, 0.25) is 0 Å². The Labute approximate surface area is 168 Å². The van der Waals surface area contributed by atoms with Crippen molar-refractivity contribution >= 4 is 83.9 Å². The van der Waals surface area contributed by atoms with Gasteiger partial charge in [-0.05, 0) is 92.0 Å². The number of benzene rings is 2. The van der Waals surface area contributed by atoms with Gasteiger partial charge in [0.05, 0.1) is 12.0 Å². The molecule has 9 heteroatoms. The third kappa shape index (κ3) is 4.67. The van der Waals surface area contributed by atoms with Crippen molar-refractivity contribution in [3.8, 4) is 5.75 Å². The molecule has 116 valence electrons. The first-order chi connectivity index (χ1) is 10.3. The molecule has 1 amide bonds. The summed E-state index contributed by atoms with van der Waals surface area (Å²) in [5, 5.41) is 0. The number of hydrogen-bond donors (Lipinski definition) is 1. The molecule has 0 heterocycles. The van der Waals surface area contributed by atoms with E-state index in [-0.39, 0.29) is 4.90 Å². The zero-order valence-electron chi connectivity index (χ0n) is 10.7. The van der Waals surface area contributed by atoms with E-state index in [1.807, 2.05) is 62.0 Å². The Morgan fingerprint density at radius 1 is 1.00 bits per heavy atom. The molecule has 0 saturated carbocycles. The first-order valence-electron chi connectivity index (χ1n) is 5.74. The smallest absolute Gasteiger partial charge is 0.407 e. The summed E-state index contributed by atoms with van der Waals surface area (Å²) in [6.07, 6.45) is -1.04. The van der Waals surface area contributed by atoms with E-state index in [9.17, 15) is 13.2 Å². The lowest BCUT2D eigenvalue weighted by Crippen LogP contribution is -2.33. The highest BCUT2D eigenvalue weighted by atomic mass is 127. The van der Waals surface area contributed by atoms with E-state index in [0.29, 0.717) is 5.75 Å². The highest BCUT2D eigenvalue weighted by Gasteiger charge is 2.20. The average molecular weight is 655 g/mol. The molecule has 2 aromatic rings. The molecule has 22 heavy (non-hydrogen) atoms. The van der Waals surface area contributed by atoms with E-state index >= 15 is 0 Å². The quantitative estimate of drug-likeness (QED) is 0.509. The van der Waals surface area contributed by atoms with Gasteiger partial charge in [-0.2, -0.15) is 0 Å². The third-order valence-electron chi connectivity index (χ3n) is 2.43. The second-order valence-electron chi connectivity index (χ2n) is 4.01. The van der Waals surface area contributed by atoms with Crippen LogP contribution in [0.4, 0.5) is 4.79 Å². The van der Waals surface area contributed by atoms with Gasteiger partial charge < -0.3 is 4.74 Å². The summed E-state index contributed by atoms with van der Waals surface area (Å²) in [6.45, 7) is 0. The van der Waals surface area contributed by atoms with E-state index in [2.05, 4.69) is 22.6 Å². The summed E-state index contributed by atoms with van der Waals surface area (Å²) in [5.74, 6) is 0.336. The SMILES string of the molecule is O=C(NS(=O)(=O)c1ccccc1)Oc1c(I)cc(I)cc1I. The molecule has 0 unspecified atom stereocenters. The average Bonchev–Trinajstić information content (AvgIpc) is 2.43. The van der Waals surface area contributed by atoms with Gasteiger partial charge in [-0.25, -0.2) is 17.9 Å². The van der Waals surface area contributed by atoms with Crippen LogP contribution in [-0.4, -0.2) is 14.5 Å². The summed E-state index contributed by atoms with van der Waals surface area (Å²) in [4.78, 5) is 11.9. The van der Waals surface area contributed by atoms with Crippen LogP contribution in [0.25, 0.3) is 0 Å². The van der Waals surface area contributed by atoms with Crippen LogP contribution in [0.1, 0.15) is 0 Å². The van der Waals surface area contributed by atoms with Crippen molar-refractivity contribution < 1.29 is 17.9 Å². The molecule has 0 saturated heterocycles. The fraction of sp³-hybridized carbons (Fsp3) is 0. The fourth-order valence-corrected chi connectivity index (χ4v) is 6.21. The minimum absolute atomic E-state index is 0.000969. The predicted molar refractivity (Wildman–Crippen MR) is 107 cm³/mol. The van der Waals surface area contributed by atoms with Crippen LogP contribution in [0.15, 0.2) is 47.4 Å². The van der Waals surface area contributed by atoms with Gasteiger partial charge in [0.1, 0.15) is 0 Å². The molecule has 0 aromatic heterocycles. The molecule has 2 rings (SSSR count). The molecule has 0 radical (unpaired) electrons. The molecule has 0 aliphatic rings.